The second kappa shape index (κ2) is 8.73. The Bertz CT molecular complexity index is 901. The lowest BCUT2D eigenvalue weighted by atomic mass is 10.2. The molecule has 9 heteroatoms. The number of aliphatic hydroxyl groups is 2. The number of aromatic nitrogens is 1. The molecule has 7 nitrogen and oxygen atoms in total. The molecule has 0 fully saturated rings. The molecule has 3 aromatic rings. The third-order valence-corrected chi connectivity index (χ3v) is 5.35. The Morgan fingerprint density at radius 2 is 2.08 bits per heavy atom. The number of carbonyl (C=O) groups is 1. The summed E-state index contributed by atoms with van der Waals surface area (Å²) in [4.78, 5) is 22.1. The van der Waals surface area contributed by atoms with Gasteiger partial charge < -0.3 is 15.5 Å². The third kappa shape index (κ3) is 4.48. The zero-order chi connectivity index (χ0) is 18.5. The molecule has 0 saturated carbocycles. The van der Waals surface area contributed by atoms with E-state index in [2.05, 4.69) is 38.4 Å². The average Bonchev–Trinajstić information content (AvgIpc) is 3.02. The van der Waals surface area contributed by atoms with Crippen molar-refractivity contribution < 1.29 is 19.8 Å². The summed E-state index contributed by atoms with van der Waals surface area (Å²) >= 11 is 3.54. The molecule has 1 aromatic carbocycles. The summed E-state index contributed by atoms with van der Waals surface area (Å²) in [6.07, 6.45) is 2.32. The number of hydroxylamine groups is 1. The SMILES string of the molecule is O=C(NOC[C@H](O)CO)c1sc2ccncc2c1Nc1ccc(I)cc1. The van der Waals surface area contributed by atoms with E-state index in [1.165, 1.54) is 11.3 Å². The van der Waals surface area contributed by atoms with E-state index < -0.39 is 18.6 Å². The van der Waals surface area contributed by atoms with E-state index in [1.807, 2.05) is 30.3 Å². The molecule has 0 radical (unpaired) electrons. The number of thiophene rings is 1. The maximum Gasteiger partial charge on any atom is 0.287 e. The van der Waals surface area contributed by atoms with Crippen molar-refractivity contribution >= 4 is 61.3 Å². The van der Waals surface area contributed by atoms with Crippen LogP contribution in [0.5, 0.6) is 0 Å². The molecule has 0 aliphatic heterocycles. The Morgan fingerprint density at radius 3 is 2.81 bits per heavy atom. The van der Waals surface area contributed by atoms with Gasteiger partial charge in [-0.15, -0.1) is 11.3 Å². The summed E-state index contributed by atoms with van der Waals surface area (Å²) in [5.74, 6) is -0.440. The molecular weight excluding hydrogens is 469 g/mol. The van der Waals surface area contributed by atoms with Crippen LogP contribution in [-0.2, 0) is 4.84 Å². The minimum absolute atomic E-state index is 0.200. The fourth-order valence-corrected chi connectivity index (χ4v) is 3.58. The minimum atomic E-state index is -1.05. The molecule has 136 valence electrons. The van der Waals surface area contributed by atoms with Gasteiger partial charge in [0.2, 0.25) is 0 Å². The van der Waals surface area contributed by atoms with Gasteiger partial charge in [-0.3, -0.25) is 14.6 Å². The number of hydrogen-bond donors (Lipinski definition) is 4. The monoisotopic (exact) mass is 485 g/mol. The van der Waals surface area contributed by atoms with Crippen molar-refractivity contribution in [2.24, 2.45) is 0 Å². The first-order valence-corrected chi connectivity index (χ1v) is 9.58. The first-order valence-electron chi connectivity index (χ1n) is 7.68. The maximum absolute atomic E-state index is 12.5. The van der Waals surface area contributed by atoms with Crippen LogP contribution in [0.4, 0.5) is 11.4 Å². The van der Waals surface area contributed by atoms with Crippen LogP contribution < -0.4 is 10.8 Å². The number of fused-ring (bicyclic) bond motifs is 1. The van der Waals surface area contributed by atoms with E-state index in [0.717, 1.165) is 19.3 Å². The lowest BCUT2D eigenvalue weighted by Crippen LogP contribution is -2.29. The van der Waals surface area contributed by atoms with E-state index >= 15 is 0 Å². The van der Waals surface area contributed by atoms with Gasteiger partial charge in [-0.1, -0.05) is 0 Å². The van der Waals surface area contributed by atoms with Crippen LogP contribution in [0, 0.1) is 3.57 Å². The van der Waals surface area contributed by atoms with Crippen molar-refractivity contribution in [2.45, 2.75) is 6.10 Å². The molecule has 0 bridgehead atoms. The van der Waals surface area contributed by atoms with Crippen LogP contribution in [0.1, 0.15) is 9.67 Å². The largest absolute Gasteiger partial charge is 0.394 e. The second-order valence-electron chi connectivity index (χ2n) is 5.39. The molecule has 26 heavy (non-hydrogen) atoms. The highest BCUT2D eigenvalue weighted by molar-refractivity contribution is 14.1. The summed E-state index contributed by atoms with van der Waals surface area (Å²) in [5.41, 5.74) is 3.79. The number of pyridine rings is 1. The highest BCUT2D eigenvalue weighted by Gasteiger charge is 2.19. The first-order chi connectivity index (χ1) is 12.6. The zero-order valence-corrected chi connectivity index (χ0v) is 16.5. The van der Waals surface area contributed by atoms with Gasteiger partial charge in [0.1, 0.15) is 17.6 Å². The molecule has 4 N–H and O–H groups in total. The van der Waals surface area contributed by atoms with E-state index in [9.17, 15) is 9.90 Å². The molecule has 2 heterocycles. The van der Waals surface area contributed by atoms with Crippen molar-refractivity contribution in [3.8, 4) is 0 Å². The zero-order valence-electron chi connectivity index (χ0n) is 13.5. The lowest BCUT2D eigenvalue weighted by molar-refractivity contribution is -0.0293. The fourth-order valence-electron chi connectivity index (χ4n) is 2.21. The molecule has 2 aromatic heterocycles. The third-order valence-electron chi connectivity index (χ3n) is 3.46. The van der Waals surface area contributed by atoms with Gasteiger partial charge in [-0.2, -0.15) is 0 Å². The Kier molecular flexibility index (Phi) is 6.38. The van der Waals surface area contributed by atoms with E-state index in [1.54, 1.807) is 12.4 Å². The Morgan fingerprint density at radius 1 is 1.31 bits per heavy atom. The average molecular weight is 485 g/mol. The van der Waals surface area contributed by atoms with Gasteiger partial charge in [0.15, 0.2) is 0 Å². The van der Waals surface area contributed by atoms with Crippen LogP contribution in [0.2, 0.25) is 0 Å². The molecule has 0 aliphatic rings. The summed E-state index contributed by atoms with van der Waals surface area (Å²) in [7, 11) is 0. The molecule has 0 unspecified atom stereocenters. The van der Waals surface area contributed by atoms with Crippen molar-refractivity contribution in [1.29, 1.82) is 0 Å². The smallest absolute Gasteiger partial charge is 0.287 e. The number of anilines is 2. The van der Waals surface area contributed by atoms with E-state index in [0.29, 0.717) is 10.6 Å². The van der Waals surface area contributed by atoms with Crippen molar-refractivity contribution in [2.75, 3.05) is 18.5 Å². The van der Waals surface area contributed by atoms with Gasteiger partial charge in [-0.05, 0) is 52.9 Å². The first kappa shape index (κ1) is 19.0. The Balaban J connectivity index is 1.86. The number of nitrogens with zero attached hydrogens (tertiary/aromatic N) is 1. The second-order valence-corrected chi connectivity index (χ2v) is 7.69. The standard InChI is InChI=1S/C17H16IN3O4S/c18-10-1-3-11(4-2-10)20-15-13-7-19-6-5-14(13)26-16(15)17(24)21-25-9-12(23)8-22/h1-7,12,20,22-23H,8-9H2,(H,21,24)/t12-/m1/s1. The lowest BCUT2D eigenvalue weighted by Gasteiger charge is -2.11. The van der Waals surface area contributed by atoms with Crippen LogP contribution in [-0.4, -0.2) is 40.4 Å². The Hall–Kier alpha value is -1.79. The molecular formula is C17H16IN3O4S. The van der Waals surface area contributed by atoms with E-state index in [-0.39, 0.29) is 6.61 Å². The van der Waals surface area contributed by atoms with Crippen LogP contribution in [0.25, 0.3) is 10.1 Å². The molecule has 3 rings (SSSR count). The van der Waals surface area contributed by atoms with Gasteiger partial charge in [0, 0.05) is 31.7 Å². The number of benzene rings is 1. The van der Waals surface area contributed by atoms with Gasteiger partial charge in [0.05, 0.1) is 12.3 Å². The predicted molar refractivity (Wildman–Crippen MR) is 109 cm³/mol. The molecule has 0 aliphatic carbocycles. The topological polar surface area (TPSA) is 104 Å². The molecule has 0 saturated heterocycles. The summed E-state index contributed by atoms with van der Waals surface area (Å²) in [5, 5.41) is 22.2. The quantitative estimate of drug-likeness (QED) is 0.303. The highest BCUT2D eigenvalue weighted by atomic mass is 127. The number of amides is 1. The molecule has 1 atom stereocenters. The number of halogens is 1. The summed E-state index contributed by atoms with van der Waals surface area (Å²) in [6, 6.07) is 9.63. The maximum atomic E-state index is 12.5. The summed E-state index contributed by atoms with van der Waals surface area (Å²) in [6.45, 7) is -0.640. The number of nitrogens with one attached hydrogen (secondary N) is 2. The normalized spacial score (nSPS) is 12.1. The van der Waals surface area contributed by atoms with Gasteiger partial charge in [-0.25, -0.2) is 5.48 Å². The number of hydrogen-bond acceptors (Lipinski definition) is 7. The van der Waals surface area contributed by atoms with Gasteiger partial charge >= 0.3 is 0 Å². The van der Waals surface area contributed by atoms with Gasteiger partial charge in [0.25, 0.3) is 5.91 Å². The van der Waals surface area contributed by atoms with Crippen molar-refractivity contribution in [1.82, 2.24) is 10.5 Å². The summed E-state index contributed by atoms with van der Waals surface area (Å²) < 4.78 is 2.02. The van der Waals surface area contributed by atoms with Crippen LogP contribution in [0.15, 0.2) is 42.7 Å². The predicted octanol–water partition coefficient (Wildman–Crippen LogP) is 2.66. The number of carbonyl (C=O) groups excluding carboxylic acids is 1. The van der Waals surface area contributed by atoms with Crippen molar-refractivity contribution in [3.63, 3.8) is 0 Å². The van der Waals surface area contributed by atoms with Crippen LogP contribution in [0.3, 0.4) is 0 Å². The minimum Gasteiger partial charge on any atom is -0.394 e. The van der Waals surface area contributed by atoms with E-state index in [4.69, 9.17) is 9.94 Å². The number of rotatable bonds is 7. The Labute approximate surface area is 167 Å². The highest BCUT2D eigenvalue weighted by Crippen LogP contribution is 2.37. The molecule has 1 amide bonds. The molecule has 0 spiro atoms. The van der Waals surface area contributed by atoms with Crippen molar-refractivity contribution in [3.05, 3.63) is 51.2 Å². The fraction of sp³-hybridized carbons (Fsp3) is 0.176. The van der Waals surface area contributed by atoms with Crippen LogP contribution >= 0.6 is 33.9 Å². The number of aliphatic hydroxyl groups excluding tert-OH is 2.